The number of rotatable bonds is 3. The van der Waals surface area contributed by atoms with E-state index in [-0.39, 0.29) is 11.3 Å². The van der Waals surface area contributed by atoms with Gasteiger partial charge >= 0.3 is 0 Å². The molecule has 0 aliphatic carbocycles. The summed E-state index contributed by atoms with van der Waals surface area (Å²) in [7, 11) is 3.64. The Morgan fingerprint density at radius 3 is 2.67 bits per heavy atom. The smallest absolute Gasteiger partial charge is 0.255 e. The first-order chi connectivity index (χ1) is 10.2. The van der Waals surface area contributed by atoms with E-state index in [1.807, 2.05) is 60.2 Å². The third-order valence-electron chi connectivity index (χ3n) is 3.73. The molecule has 1 aliphatic rings. The maximum Gasteiger partial charge on any atom is 0.255 e. The van der Waals surface area contributed by atoms with Crippen molar-refractivity contribution in [3.8, 4) is 5.75 Å². The zero-order chi connectivity index (χ0) is 14.8. The van der Waals surface area contributed by atoms with Crippen LogP contribution in [0.15, 0.2) is 42.6 Å². The molecule has 4 nitrogen and oxygen atoms in total. The molecule has 1 aromatic carbocycles. The molecule has 1 fully saturated rings. The summed E-state index contributed by atoms with van der Waals surface area (Å²) in [5.41, 5.74) is 1.87. The summed E-state index contributed by atoms with van der Waals surface area (Å²) >= 11 is 1.81. The molecule has 0 saturated carbocycles. The van der Waals surface area contributed by atoms with Crippen molar-refractivity contribution in [3.63, 3.8) is 0 Å². The van der Waals surface area contributed by atoms with Crippen LogP contribution in [0.2, 0.25) is 0 Å². The van der Waals surface area contributed by atoms with Crippen molar-refractivity contribution in [2.24, 2.45) is 7.05 Å². The summed E-state index contributed by atoms with van der Waals surface area (Å²) in [4.78, 5) is 14.7. The van der Waals surface area contributed by atoms with Gasteiger partial charge in [0.25, 0.3) is 5.91 Å². The third-order valence-corrected chi connectivity index (χ3v) is 4.96. The van der Waals surface area contributed by atoms with E-state index < -0.39 is 0 Å². The first-order valence-electron chi connectivity index (χ1n) is 6.88. The molecular formula is C16H18N2O2S. The van der Waals surface area contributed by atoms with Crippen LogP contribution in [0.4, 0.5) is 0 Å². The molecular weight excluding hydrogens is 284 g/mol. The number of nitrogens with zero attached hydrogens (tertiary/aromatic N) is 2. The fraction of sp³-hybridized carbons (Fsp3) is 0.312. The van der Waals surface area contributed by atoms with Crippen LogP contribution >= 0.6 is 11.8 Å². The van der Waals surface area contributed by atoms with Crippen LogP contribution in [0.25, 0.3) is 0 Å². The summed E-state index contributed by atoms with van der Waals surface area (Å²) in [5, 5.41) is 0.0969. The highest BCUT2D eigenvalue weighted by Crippen LogP contribution is 2.38. The predicted octanol–water partition coefficient (Wildman–Crippen LogP) is 2.92. The summed E-state index contributed by atoms with van der Waals surface area (Å²) < 4.78 is 7.22. The quantitative estimate of drug-likeness (QED) is 0.874. The standard InChI is InChI=1S/C16H18N2O2S/c1-17-9-3-4-14(17)16-18(10-11-21-16)15(19)12-5-7-13(20-2)8-6-12/h3-9,16H,10-11H2,1-2H3. The van der Waals surface area contributed by atoms with Crippen molar-refractivity contribution in [2.45, 2.75) is 5.37 Å². The number of carbonyl (C=O) groups is 1. The van der Waals surface area contributed by atoms with Gasteiger partial charge in [-0.3, -0.25) is 4.79 Å². The minimum Gasteiger partial charge on any atom is -0.497 e. The molecule has 21 heavy (non-hydrogen) atoms. The van der Waals surface area contributed by atoms with Gasteiger partial charge in [-0.15, -0.1) is 11.8 Å². The SMILES string of the molecule is COc1ccc(C(=O)N2CCSC2c2cccn2C)cc1. The lowest BCUT2D eigenvalue weighted by atomic mass is 10.2. The van der Waals surface area contributed by atoms with Crippen molar-refractivity contribution < 1.29 is 9.53 Å². The van der Waals surface area contributed by atoms with E-state index in [4.69, 9.17) is 4.74 Å². The molecule has 3 rings (SSSR count). The van der Waals surface area contributed by atoms with Crippen LogP contribution in [0.1, 0.15) is 21.4 Å². The molecule has 0 spiro atoms. The van der Waals surface area contributed by atoms with Crippen LogP contribution in [-0.2, 0) is 7.05 Å². The Kier molecular flexibility index (Phi) is 3.92. The van der Waals surface area contributed by atoms with Gasteiger partial charge in [-0.1, -0.05) is 0 Å². The predicted molar refractivity (Wildman–Crippen MR) is 84.6 cm³/mol. The van der Waals surface area contributed by atoms with Gasteiger partial charge in [-0.05, 0) is 36.4 Å². The molecule has 0 N–H and O–H groups in total. The number of hydrogen-bond acceptors (Lipinski definition) is 3. The van der Waals surface area contributed by atoms with E-state index in [0.717, 1.165) is 18.0 Å². The second-order valence-electron chi connectivity index (χ2n) is 4.99. The number of amides is 1. The highest BCUT2D eigenvalue weighted by molar-refractivity contribution is 7.99. The Labute approximate surface area is 128 Å². The van der Waals surface area contributed by atoms with E-state index in [0.29, 0.717) is 5.56 Å². The fourth-order valence-corrected chi connectivity index (χ4v) is 3.88. The second-order valence-corrected chi connectivity index (χ2v) is 6.18. The number of carbonyl (C=O) groups excluding carboxylic acids is 1. The molecule has 1 aliphatic heterocycles. The number of aromatic nitrogens is 1. The number of thioether (sulfide) groups is 1. The largest absolute Gasteiger partial charge is 0.497 e. The molecule has 5 heteroatoms. The average molecular weight is 302 g/mol. The summed E-state index contributed by atoms with van der Waals surface area (Å²) in [6, 6.07) is 11.4. The van der Waals surface area contributed by atoms with Gasteiger partial charge in [0.1, 0.15) is 11.1 Å². The highest BCUT2D eigenvalue weighted by atomic mass is 32.2. The molecule has 0 bridgehead atoms. The van der Waals surface area contributed by atoms with Gasteiger partial charge in [-0.25, -0.2) is 0 Å². The Morgan fingerprint density at radius 2 is 2.05 bits per heavy atom. The molecule has 0 radical (unpaired) electrons. The van der Waals surface area contributed by atoms with Crippen molar-refractivity contribution >= 4 is 17.7 Å². The topological polar surface area (TPSA) is 34.5 Å². The highest BCUT2D eigenvalue weighted by Gasteiger charge is 2.32. The number of benzene rings is 1. The van der Waals surface area contributed by atoms with Gasteiger partial charge in [0.15, 0.2) is 0 Å². The maximum atomic E-state index is 12.7. The number of ether oxygens (including phenoxy) is 1. The lowest BCUT2D eigenvalue weighted by molar-refractivity contribution is 0.0757. The Balaban J connectivity index is 1.84. The van der Waals surface area contributed by atoms with Gasteiger partial charge in [0.05, 0.1) is 12.8 Å². The third kappa shape index (κ3) is 2.65. The summed E-state index contributed by atoms with van der Waals surface area (Å²) in [6.07, 6.45) is 2.02. The van der Waals surface area contributed by atoms with Crippen molar-refractivity contribution in [1.29, 1.82) is 0 Å². The monoisotopic (exact) mass is 302 g/mol. The van der Waals surface area contributed by atoms with E-state index >= 15 is 0 Å². The zero-order valence-corrected chi connectivity index (χ0v) is 13.0. The minimum atomic E-state index is 0.0776. The van der Waals surface area contributed by atoms with E-state index in [1.54, 1.807) is 7.11 Å². The lowest BCUT2D eigenvalue weighted by Crippen LogP contribution is -2.31. The van der Waals surface area contributed by atoms with E-state index in [1.165, 1.54) is 5.69 Å². The first kappa shape index (κ1) is 14.1. The Hall–Kier alpha value is -1.88. The molecule has 2 heterocycles. The van der Waals surface area contributed by atoms with Crippen molar-refractivity contribution in [2.75, 3.05) is 19.4 Å². The molecule has 1 saturated heterocycles. The lowest BCUT2D eigenvalue weighted by Gasteiger charge is -2.24. The molecule has 2 aromatic rings. The maximum absolute atomic E-state index is 12.7. The van der Waals surface area contributed by atoms with Gasteiger partial charge in [0.2, 0.25) is 0 Å². The Morgan fingerprint density at radius 1 is 1.29 bits per heavy atom. The van der Waals surface area contributed by atoms with Crippen molar-refractivity contribution in [3.05, 3.63) is 53.9 Å². The zero-order valence-electron chi connectivity index (χ0n) is 12.2. The summed E-state index contributed by atoms with van der Waals surface area (Å²) in [5.74, 6) is 1.81. The van der Waals surface area contributed by atoms with Crippen LogP contribution in [0.3, 0.4) is 0 Å². The molecule has 1 atom stereocenters. The van der Waals surface area contributed by atoms with E-state index in [9.17, 15) is 4.79 Å². The first-order valence-corrected chi connectivity index (χ1v) is 7.93. The van der Waals surface area contributed by atoms with Crippen LogP contribution in [-0.4, -0.2) is 34.8 Å². The normalized spacial score (nSPS) is 18.0. The minimum absolute atomic E-state index is 0.0776. The van der Waals surface area contributed by atoms with Crippen LogP contribution in [0.5, 0.6) is 5.75 Å². The average Bonchev–Trinajstić information content (AvgIpc) is 3.14. The summed E-state index contributed by atoms with van der Waals surface area (Å²) in [6.45, 7) is 0.783. The number of methoxy groups -OCH3 is 1. The van der Waals surface area contributed by atoms with Gasteiger partial charge in [-0.2, -0.15) is 0 Å². The molecule has 1 amide bonds. The Bertz CT molecular complexity index is 636. The van der Waals surface area contributed by atoms with Gasteiger partial charge < -0.3 is 14.2 Å². The van der Waals surface area contributed by atoms with E-state index in [2.05, 4.69) is 10.6 Å². The van der Waals surface area contributed by atoms with Gasteiger partial charge in [0, 0.05) is 31.1 Å². The fourth-order valence-electron chi connectivity index (χ4n) is 2.55. The molecule has 1 aromatic heterocycles. The number of hydrogen-bond donors (Lipinski definition) is 0. The van der Waals surface area contributed by atoms with Crippen LogP contribution < -0.4 is 4.74 Å². The van der Waals surface area contributed by atoms with Crippen LogP contribution in [0, 0.1) is 0 Å². The second kappa shape index (κ2) is 5.85. The molecule has 110 valence electrons. The van der Waals surface area contributed by atoms with Crippen molar-refractivity contribution in [1.82, 2.24) is 9.47 Å². The number of aryl methyl sites for hydroxylation is 1. The molecule has 1 unspecified atom stereocenters.